The van der Waals surface area contributed by atoms with E-state index in [0.717, 1.165) is 17.3 Å². The quantitative estimate of drug-likeness (QED) is 0.346. The number of carbonyl (C=O) groups excluding carboxylic acids is 1. The zero-order chi connectivity index (χ0) is 20.4. The summed E-state index contributed by atoms with van der Waals surface area (Å²) in [5.74, 6) is -0.378. The molecule has 0 unspecified atom stereocenters. The molecule has 29 heavy (non-hydrogen) atoms. The van der Waals surface area contributed by atoms with Gasteiger partial charge >= 0.3 is 0 Å². The van der Waals surface area contributed by atoms with E-state index < -0.39 is 5.95 Å². The Labute approximate surface area is 164 Å². The van der Waals surface area contributed by atoms with Gasteiger partial charge < -0.3 is 20.0 Å². The van der Waals surface area contributed by atoms with Gasteiger partial charge in [-0.2, -0.15) is 14.5 Å². The maximum Gasteiger partial charge on any atom is 0.268 e. The first kappa shape index (κ1) is 18.4. The molecule has 0 aliphatic carbocycles. The molecule has 0 bridgehead atoms. The highest BCUT2D eigenvalue weighted by atomic mass is 19.1. The minimum atomic E-state index is -0.634. The highest BCUT2D eigenvalue weighted by molar-refractivity contribution is 6.10. The van der Waals surface area contributed by atoms with Crippen molar-refractivity contribution < 1.29 is 13.9 Å². The van der Waals surface area contributed by atoms with E-state index in [-0.39, 0.29) is 18.3 Å². The van der Waals surface area contributed by atoms with Crippen molar-refractivity contribution in [2.24, 2.45) is 7.05 Å². The first-order chi connectivity index (χ1) is 14.1. The number of fused-ring (bicyclic) bond motifs is 1. The number of nitrogens with one attached hydrogen (secondary N) is 3. The van der Waals surface area contributed by atoms with Crippen LogP contribution in [0.5, 0.6) is 11.6 Å². The van der Waals surface area contributed by atoms with Crippen LogP contribution < -0.4 is 10.1 Å². The van der Waals surface area contributed by atoms with Gasteiger partial charge in [0.25, 0.3) is 5.91 Å². The highest BCUT2D eigenvalue weighted by Crippen LogP contribution is 2.29. The molecule has 0 spiro atoms. The van der Waals surface area contributed by atoms with E-state index in [0.29, 0.717) is 22.5 Å². The van der Waals surface area contributed by atoms with E-state index in [1.807, 2.05) is 0 Å². The monoisotopic (exact) mass is 392 g/mol. The number of pyridine rings is 1. The lowest BCUT2D eigenvalue weighted by Gasteiger charge is -2.07. The zero-order valence-corrected chi connectivity index (χ0v) is 15.4. The summed E-state index contributed by atoms with van der Waals surface area (Å²) in [4.78, 5) is 16.5. The van der Waals surface area contributed by atoms with E-state index in [1.54, 1.807) is 48.1 Å². The highest BCUT2D eigenvalue weighted by Gasteiger charge is 2.20. The average molecular weight is 392 g/mol. The zero-order valence-electron chi connectivity index (χ0n) is 15.4. The fraction of sp³-hybridized carbons (Fsp3) is 0.100. The number of aromatic amines is 1. The largest absolute Gasteiger partial charge is 0.439 e. The third-order valence-corrected chi connectivity index (χ3v) is 4.48. The van der Waals surface area contributed by atoms with Crippen LogP contribution in [0, 0.1) is 11.4 Å². The minimum absolute atomic E-state index is 0.128. The number of H-pyrrole nitrogens is 1. The van der Waals surface area contributed by atoms with Gasteiger partial charge in [0.2, 0.25) is 11.8 Å². The second kappa shape index (κ2) is 7.55. The molecule has 146 valence electrons. The Kier molecular flexibility index (Phi) is 4.78. The Bertz CT molecular complexity index is 1200. The van der Waals surface area contributed by atoms with Crippen molar-refractivity contribution in [3.05, 3.63) is 71.6 Å². The third-order valence-electron chi connectivity index (χ3n) is 4.48. The summed E-state index contributed by atoms with van der Waals surface area (Å²) < 4.78 is 20.6. The topological polar surface area (TPSA) is 109 Å². The van der Waals surface area contributed by atoms with Gasteiger partial charge in [-0.3, -0.25) is 9.89 Å². The van der Waals surface area contributed by atoms with Crippen molar-refractivity contribution in [2.75, 3.05) is 0 Å². The number of amides is 1. The Morgan fingerprint density at radius 1 is 1.34 bits per heavy atom. The third kappa shape index (κ3) is 3.57. The Morgan fingerprint density at radius 2 is 2.21 bits per heavy atom. The predicted octanol–water partition coefficient (Wildman–Crippen LogP) is 3.16. The molecular formula is C20H17FN6O2. The molecule has 3 N–H and O–H groups in total. The fourth-order valence-electron chi connectivity index (χ4n) is 3.14. The first-order valence-electron chi connectivity index (χ1n) is 8.76. The number of aryl methyl sites for hydroxylation is 1. The van der Waals surface area contributed by atoms with Gasteiger partial charge in [-0.25, -0.2) is 0 Å². The smallest absolute Gasteiger partial charge is 0.268 e. The standard InChI is InChI=1S/C20H17FN6O2/c1-27-16-9-13(29-18-4-2-3-17(21)25-18)5-6-14(16)15(10-22)19(27)20(28)23-11-12-7-8-24-26-12/h2-10,22H,11H2,1H3,(H,23,28)(H,24,26). The van der Waals surface area contributed by atoms with Crippen molar-refractivity contribution in [3.63, 3.8) is 0 Å². The van der Waals surface area contributed by atoms with Crippen LogP contribution in [0.3, 0.4) is 0 Å². The van der Waals surface area contributed by atoms with E-state index >= 15 is 0 Å². The van der Waals surface area contributed by atoms with Gasteiger partial charge in [-0.05, 0) is 24.3 Å². The van der Waals surface area contributed by atoms with E-state index in [9.17, 15) is 9.18 Å². The summed E-state index contributed by atoms with van der Waals surface area (Å²) in [6.45, 7) is 0.289. The number of carbonyl (C=O) groups is 1. The van der Waals surface area contributed by atoms with Crippen LogP contribution in [-0.4, -0.2) is 31.9 Å². The lowest BCUT2D eigenvalue weighted by Crippen LogP contribution is -2.26. The molecule has 8 nitrogen and oxygen atoms in total. The molecule has 1 aromatic carbocycles. The van der Waals surface area contributed by atoms with Gasteiger partial charge in [-0.1, -0.05) is 6.07 Å². The van der Waals surface area contributed by atoms with E-state index in [1.165, 1.54) is 12.1 Å². The maximum atomic E-state index is 13.3. The first-order valence-corrected chi connectivity index (χ1v) is 8.76. The molecule has 1 amide bonds. The van der Waals surface area contributed by atoms with E-state index in [4.69, 9.17) is 10.1 Å². The number of hydrogen-bond donors (Lipinski definition) is 3. The number of halogens is 1. The van der Waals surface area contributed by atoms with Gasteiger partial charge in [0, 0.05) is 42.5 Å². The van der Waals surface area contributed by atoms with Gasteiger partial charge in [-0.15, -0.1) is 0 Å². The number of aromatic nitrogens is 4. The molecule has 9 heteroatoms. The van der Waals surface area contributed by atoms with Crippen molar-refractivity contribution in [3.8, 4) is 11.6 Å². The fourth-order valence-corrected chi connectivity index (χ4v) is 3.14. The summed E-state index contributed by atoms with van der Waals surface area (Å²) in [7, 11) is 1.74. The van der Waals surface area contributed by atoms with Gasteiger partial charge in [0.1, 0.15) is 11.4 Å². The van der Waals surface area contributed by atoms with Crippen LogP contribution in [0.1, 0.15) is 21.7 Å². The second-order valence-electron chi connectivity index (χ2n) is 6.31. The summed E-state index contributed by atoms with van der Waals surface area (Å²) >= 11 is 0. The number of hydrogen-bond acceptors (Lipinski definition) is 5. The molecule has 0 saturated carbocycles. The SMILES string of the molecule is Cn1c(C(=O)NCc2ccn[nH]2)c(C=N)c2ccc(Oc3cccc(F)n3)cc21. The van der Waals surface area contributed by atoms with Crippen molar-refractivity contribution >= 4 is 23.0 Å². The van der Waals surface area contributed by atoms with Crippen molar-refractivity contribution in [2.45, 2.75) is 6.54 Å². The Balaban J connectivity index is 1.67. The number of nitrogens with zero attached hydrogens (tertiary/aromatic N) is 3. The summed E-state index contributed by atoms with van der Waals surface area (Å²) in [6, 6.07) is 11.2. The maximum absolute atomic E-state index is 13.3. The second-order valence-corrected chi connectivity index (χ2v) is 6.31. The number of rotatable bonds is 6. The molecule has 0 aliphatic heterocycles. The molecule has 4 aromatic rings. The molecule has 4 rings (SSSR count). The van der Waals surface area contributed by atoms with Crippen LogP contribution in [0.4, 0.5) is 4.39 Å². The van der Waals surface area contributed by atoms with Crippen LogP contribution in [0.2, 0.25) is 0 Å². The van der Waals surface area contributed by atoms with E-state index in [2.05, 4.69) is 20.5 Å². The average Bonchev–Trinajstić information content (AvgIpc) is 3.32. The van der Waals surface area contributed by atoms with Crippen molar-refractivity contribution in [1.29, 1.82) is 5.41 Å². The molecule has 3 aromatic heterocycles. The van der Waals surface area contributed by atoms with Crippen LogP contribution in [-0.2, 0) is 13.6 Å². The number of ether oxygens (including phenoxy) is 1. The lowest BCUT2D eigenvalue weighted by atomic mass is 10.1. The molecule has 0 atom stereocenters. The molecule has 0 aliphatic rings. The van der Waals surface area contributed by atoms with Crippen molar-refractivity contribution in [1.82, 2.24) is 25.1 Å². The summed E-state index contributed by atoms with van der Waals surface area (Å²) in [6.07, 6.45) is 2.76. The molecule has 0 saturated heterocycles. The molecular weight excluding hydrogens is 375 g/mol. The minimum Gasteiger partial charge on any atom is -0.439 e. The summed E-state index contributed by atoms with van der Waals surface area (Å²) in [5, 5.41) is 18.0. The molecule has 3 heterocycles. The van der Waals surface area contributed by atoms with Crippen LogP contribution >= 0.6 is 0 Å². The lowest BCUT2D eigenvalue weighted by molar-refractivity contribution is 0.0942. The Hall–Kier alpha value is -4.01. The normalized spacial score (nSPS) is 10.8. The summed E-state index contributed by atoms with van der Waals surface area (Å²) in [5.41, 5.74) is 2.33. The van der Waals surface area contributed by atoms with Crippen LogP contribution in [0.25, 0.3) is 10.9 Å². The molecule has 0 radical (unpaired) electrons. The van der Waals surface area contributed by atoms with Gasteiger partial charge in [0.05, 0.1) is 17.8 Å². The molecule has 0 fully saturated rings. The van der Waals surface area contributed by atoms with Gasteiger partial charge in [0.15, 0.2) is 0 Å². The predicted molar refractivity (Wildman–Crippen MR) is 105 cm³/mol. The Morgan fingerprint density at radius 3 is 2.93 bits per heavy atom. The van der Waals surface area contributed by atoms with Crippen LogP contribution in [0.15, 0.2) is 48.7 Å². The number of benzene rings is 1.